The van der Waals surface area contributed by atoms with Crippen LogP contribution >= 0.6 is 22.7 Å². The first-order chi connectivity index (χ1) is 9.54. The number of rotatable bonds is 7. The Labute approximate surface area is 127 Å². The molecule has 0 bridgehead atoms. The van der Waals surface area contributed by atoms with Gasteiger partial charge in [0.2, 0.25) is 0 Å². The maximum absolute atomic E-state index is 12.4. The highest BCUT2D eigenvalue weighted by atomic mass is 32.2. The Bertz CT molecular complexity index is 632. The van der Waals surface area contributed by atoms with E-state index >= 15 is 0 Å². The molecule has 0 amide bonds. The summed E-state index contributed by atoms with van der Waals surface area (Å²) in [6, 6.07) is 7.52. The van der Waals surface area contributed by atoms with Crippen LogP contribution in [-0.2, 0) is 22.9 Å². The topological polar surface area (TPSA) is 63.4 Å². The number of thiophene rings is 2. The molecule has 2 aromatic heterocycles. The molecular formula is C13H18N2O2S3. The van der Waals surface area contributed by atoms with Crippen molar-refractivity contribution in [3.63, 3.8) is 0 Å². The van der Waals surface area contributed by atoms with Gasteiger partial charge in [0.25, 0.3) is 10.0 Å². The molecule has 0 atom stereocenters. The van der Waals surface area contributed by atoms with Crippen LogP contribution in [-0.4, -0.2) is 32.9 Å². The summed E-state index contributed by atoms with van der Waals surface area (Å²) in [4.78, 5) is 2.21. The van der Waals surface area contributed by atoms with Crippen molar-refractivity contribution in [3.8, 4) is 0 Å². The highest BCUT2D eigenvalue weighted by Crippen LogP contribution is 2.24. The van der Waals surface area contributed by atoms with Crippen molar-refractivity contribution in [3.05, 3.63) is 39.4 Å². The summed E-state index contributed by atoms with van der Waals surface area (Å²) in [5.74, 6) is 0. The number of nitrogens with zero attached hydrogens (tertiary/aromatic N) is 1. The second kappa shape index (κ2) is 6.82. The summed E-state index contributed by atoms with van der Waals surface area (Å²) in [7, 11) is -1.74. The number of hydrogen-bond acceptors (Lipinski definition) is 5. The smallest absolute Gasteiger partial charge is 0.252 e. The van der Waals surface area contributed by atoms with Crippen LogP contribution in [0.25, 0.3) is 0 Å². The molecule has 0 aromatic carbocycles. The third kappa shape index (κ3) is 3.67. The molecule has 0 saturated heterocycles. The average molecular weight is 331 g/mol. The van der Waals surface area contributed by atoms with E-state index < -0.39 is 10.0 Å². The maximum Gasteiger partial charge on any atom is 0.252 e. The van der Waals surface area contributed by atoms with Gasteiger partial charge in [0.1, 0.15) is 4.21 Å². The lowest BCUT2D eigenvalue weighted by atomic mass is 10.3. The zero-order valence-electron chi connectivity index (χ0n) is 11.3. The Kier molecular flexibility index (Phi) is 5.34. The summed E-state index contributed by atoms with van der Waals surface area (Å²) < 4.78 is 26.7. The first-order valence-corrected chi connectivity index (χ1v) is 9.45. The fourth-order valence-corrected chi connectivity index (χ4v) is 5.22. The van der Waals surface area contributed by atoms with E-state index in [0.717, 1.165) is 17.7 Å². The summed E-state index contributed by atoms with van der Waals surface area (Å²) in [6.45, 7) is 1.03. The molecule has 0 aliphatic rings. The highest BCUT2D eigenvalue weighted by Gasteiger charge is 2.22. The van der Waals surface area contributed by atoms with Gasteiger partial charge in [0.15, 0.2) is 0 Å². The molecule has 0 fully saturated rings. The zero-order valence-corrected chi connectivity index (χ0v) is 13.7. The second-order valence-corrected chi connectivity index (χ2v) is 8.89. The van der Waals surface area contributed by atoms with Crippen molar-refractivity contribution in [2.24, 2.45) is 5.73 Å². The monoisotopic (exact) mass is 330 g/mol. The number of sulfonamides is 1. The number of nitrogens with two attached hydrogens (primary N) is 1. The van der Waals surface area contributed by atoms with E-state index in [-0.39, 0.29) is 0 Å². The van der Waals surface area contributed by atoms with Gasteiger partial charge in [-0.05, 0) is 43.0 Å². The fraction of sp³-hybridized carbons (Fsp3) is 0.385. The predicted molar refractivity (Wildman–Crippen MR) is 84.9 cm³/mol. The fourth-order valence-electron chi connectivity index (χ4n) is 1.77. The molecule has 0 saturated carbocycles. The van der Waals surface area contributed by atoms with E-state index in [1.807, 2.05) is 23.6 Å². The van der Waals surface area contributed by atoms with E-state index in [1.165, 1.54) is 20.5 Å². The summed E-state index contributed by atoms with van der Waals surface area (Å²) in [6.07, 6.45) is 1.47. The highest BCUT2D eigenvalue weighted by molar-refractivity contribution is 7.91. The molecule has 110 valence electrons. The minimum absolute atomic E-state index is 0.398. The quantitative estimate of drug-likeness (QED) is 0.846. The SMILES string of the molecule is CN(CCc1cccs1)S(=O)(=O)c1ccc(CCN)s1. The van der Waals surface area contributed by atoms with Gasteiger partial charge in [-0.2, -0.15) is 4.31 Å². The molecule has 0 radical (unpaired) electrons. The Morgan fingerprint density at radius 3 is 2.65 bits per heavy atom. The molecule has 7 heteroatoms. The summed E-state index contributed by atoms with van der Waals surface area (Å²) >= 11 is 2.96. The van der Waals surface area contributed by atoms with E-state index in [0.29, 0.717) is 17.3 Å². The van der Waals surface area contributed by atoms with Crippen LogP contribution in [0.2, 0.25) is 0 Å². The van der Waals surface area contributed by atoms with E-state index in [9.17, 15) is 8.42 Å². The largest absolute Gasteiger partial charge is 0.330 e. The Morgan fingerprint density at radius 2 is 2.00 bits per heavy atom. The number of likely N-dealkylation sites (N-methyl/N-ethyl adjacent to an activating group) is 1. The second-order valence-electron chi connectivity index (χ2n) is 4.42. The molecule has 2 N–H and O–H groups in total. The van der Waals surface area contributed by atoms with E-state index in [1.54, 1.807) is 24.5 Å². The average Bonchev–Trinajstić information content (AvgIpc) is 3.07. The van der Waals surface area contributed by atoms with Gasteiger partial charge in [-0.1, -0.05) is 6.07 Å². The molecule has 0 aliphatic heterocycles. The van der Waals surface area contributed by atoms with Crippen molar-refractivity contribution in [1.29, 1.82) is 0 Å². The Hall–Kier alpha value is -0.730. The van der Waals surface area contributed by atoms with Crippen molar-refractivity contribution in [1.82, 2.24) is 4.31 Å². The summed E-state index contributed by atoms with van der Waals surface area (Å²) in [5, 5.41) is 2.00. The third-order valence-corrected chi connectivity index (χ3v) is 7.35. The lowest BCUT2D eigenvalue weighted by molar-refractivity contribution is 0.475. The van der Waals surface area contributed by atoms with Gasteiger partial charge < -0.3 is 5.73 Å². The van der Waals surface area contributed by atoms with Gasteiger partial charge in [0, 0.05) is 23.3 Å². The van der Waals surface area contributed by atoms with Crippen LogP contribution in [0.1, 0.15) is 9.75 Å². The molecule has 2 aromatic rings. The number of hydrogen-bond donors (Lipinski definition) is 1. The van der Waals surface area contributed by atoms with Gasteiger partial charge >= 0.3 is 0 Å². The normalized spacial score (nSPS) is 12.2. The Balaban J connectivity index is 2.04. The molecule has 0 aliphatic carbocycles. The molecule has 20 heavy (non-hydrogen) atoms. The van der Waals surface area contributed by atoms with Crippen LogP contribution < -0.4 is 5.73 Å². The lowest BCUT2D eigenvalue weighted by Gasteiger charge is -2.15. The molecule has 4 nitrogen and oxygen atoms in total. The van der Waals surface area contributed by atoms with Gasteiger partial charge in [0.05, 0.1) is 0 Å². The Morgan fingerprint density at radius 1 is 1.20 bits per heavy atom. The van der Waals surface area contributed by atoms with Crippen LogP contribution in [0.4, 0.5) is 0 Å². The minimum Gasteiger partial charge on any atom is -0.330 e. The zero-order chi connectivity index (χ0) is 14.6. The van der Waals surface area contributed by atoms with E-state index in [2.05, 4.69) is 0 Å². The first-order valence-electron chi connectivity index (χ1n) is 6.31. The molecular weight excluding hydrogens is 312 g/mol. The van der Waals surface area contributed by atoms with Gasteiger partial charge in [-0.3, -0.25) is 0 Å². The third-order valence-electron chi connectivity index (χ3n) is 2.95. The summed E-state index contributed by atoms with van der Waals surface area (Å²) in [5.41, 5.74) is 5.49. The molecule has 2 heterocycles. The van der Waals surface area contributed by atoms with Crippen LogP contribution in [0.3, 0.4) is 0 Å². The molecule has 2 rings (SSSR count). The van der Waals surface area contributed by atoms with Crippen LogP contribution in [0, 0.1) is 0 Å². The van der Waals surface area contributed by atoms with Gasteiger partial charge in [-0.15, -0.1) is 22.7 Å². The van der Waals surface area contributed by atoms with E-state index in [4.69, 9.17) is 5.73 Å². The molecule has 0 spiro atoms. The van der Waals surface area contributed by atoms with Crippen molar-refractivity contribution < 1.29 is 8.42 Å². The molecule has 0 unspecified atom stereocenters. The van der Waals surface area contributed by atoms with Crippen LogP contribution in [0.5, 0.6) is 0 Å². The maximum atomic E-state index is 12.4. The van der Waals surface area contributed by atoms with Gasteiger partial charge in [-0.25, -0.2) is 8.42 Å². The minimum atomic E-state index is -3.37. The van der Waals surface area contributed by atoms with Crippen molar-refractivity contribution in [2.75, 3.05) is 20.1 Å². The first kappa shape index (κ1) is 15.7. The lowest BCUT2D eigenvalue weighted by Crippen LogP contribution is -2.28. The van der Waals surface area contributed by atoms with Crippen molar-refractivity contribution in [2.45, 2.75) is 17.1 Å². The van der Waals surface area contributed by atoms with Crippen LogP contribution in [0.15, 0.2) is 33.9 Å². The predicted octanol–water partition coefficient (Wildman–Crippen LogP) is 2.17. The standard InChI is InChI=1S/C13H18N2O2S3/c1-15(9-7-11-3-2-10-18-11)20(16,17)13-5-4-12(19-13)6-8-14/h2-5,10H,6-9,14H2,1H3. The van der Waals surface area contributed by atoms with Crippen molar-refractivity contribution >= 4 is 32.7 Å².